The molecule has 0 aromatic rings. The lowest BCUT2D eigenvalue weighted by Gasteiger charge is -2.46. The van der Waals surface area contributed by atoms with Crippen molar-refractivity contribution >= 4 is 17.9 Å². The van der Waals surface area contributed by atoms with Gasteiger partial charge in [-0.2, -0.15) is 0 Å². The number of fused-ring (bicyclic) bond motifs is 1. The minimum atomic E-state index is -2.12. The molecule has 6 rings (SSSR count). The first kappa shape index (κ1) is 19.0. The Morgan fingerprint density at radius 2 is 1.70 bits per heavy atom. The second-order valence-corrected chi connectivity index (χ2v) is 10.7. The van der Waals surface area contributed by atoms with Gasteiger partial charge < -0.3 is 34.3 Å². The van der Waals surface area contributed by atoms with Crippen molar-refractivity contribution in [1.29, 1.82) is 0 Å². The van der Waals surface area contributed by atoms with Gasteiger partial charge in [-0.1, -0.05) is 20.8 Å². The molecule has 0 radical (unpaired) electrons. The lowest BCUT2D eigenvalue weighted by molar-refractivity contribution is -0.239. The van der Waals surface area contributed by atoms with Crippen molar-refractivity contribution in [2.45, 2.75) is 76.0 Å². The summed E-state index contributed by atoms with van der Waals surface area (Å²) in [5, 5.41) is 34.4. The number of carbonyl (C=O) groups excluding carboxylic acids is 3. The van der Waals surface area contributed by atoms with Crippen LogP contribution in [0.3, 0.4) is 0 Å². The first-order valence-corrected chi connectivity index (χ1v) is 10.2. The van der Waals surface area contributed by atoms with E-state index in [4.69, 9.17) is 18.9 Å². The minimum Gasteiger partial charge on any atom is -0.459 e. The van der Waals surface area contributed by atoms with Crippen LogP contribution in [0, 0.1) is 28.1 Å². The molecule has 0 aromatic carbocycles. The molecule has 0 amide bonds. The molecule has 6 fully saturated rings. The van der Waals surface area contributed by atoms with E-state index in [1.54, 1.807) is 0 Å². The van der Waals surface area contributed by atoms with Crippen LogP contribution in [0.4, 0.5) is 0 Å². The van der Waals surface area contributed by atoms with Crippen molar-refractivity contribution in [2.75, 3.05) is 0 Å². The summed E-state index contributed by atoms with van der Waals surface area (Å²) in [6, 6.07) is 0. The second-order valence-electron chi connectivity index (χ2n) is 10.7. The summed E-state index contributed by atoms with van der Waals surface area (Å²) in [6.07, 6.45) is -6.73. The molecular weight excluding hydrogens is 400 g/mol. The summed E-state index contributed by atoms with van der Waals surface area (Å²) < 4.78 is 22.6. The van der Waals surface area contributed by atoms with E-state index in [-0.39, 0.29) is 6.42 Å². The molecule has 10 heteroatoms. The number of aliphatic hydroxyl groups is 3. The van der Waals surface area contributed by atoms with Crippen LogP contribution in [0.2, 0.25) is 0 Å². The van der Waals surface area contributed by atoms with E-state index >= 15 is 0 Å². The third kappa shape index (κ3) is 1.35. The Morgan fingerprint density at radius 1 is 1.03 bits per heavy atom. The van der Waals surface area contributed by atoms with Gasteiger partial charge in [0.05, 0.1) is 22.9 Å². The van der Waals surface area contributed by atoms with Gasteiger partial charge in [-0.3, -0.25) is 4.79 Å². The van der Waals surface area contributed by atoms with Crippen molar-refractivity contribution in [2.24, 2.45) is 28.1 Å². The molecule has 4 saturated heterocycles. The van der Waals surface area contributed by atoms with Gasteiger partial charge in [0.2, 0.25) is 11.9 Å². The first-order valence-electron chi connectivity index (χ1n) is 10.2. The van der Waals surface area contributed by atoms with Gasteiger partial charge in [0, 0.05) is 12.3 Å². The molecule has 4 aliphatic heterocycles. The predicted octanol–water partition coefficient (Wildman–Crippen LogP) is -1.37. The highest BCUT2D eigenvalue weighted by Crippen LogP contribution is 2.84. The van der Waals surface area contributed by atoms with Crippen LogP contribution in [0.25, 0.3) is 0 Å². The Morgan fingerprint density at radius 3 is 2.33 bits per heavy atom. The SMILES string of the molecule is C[C@H]1C(=O)O[C@@H]2CC34[C@H]5OC(=O)[C@@]3(OC3OC(=O)[C@@H](O)C34[C@@H](C(C)(C)C)[C@@H]5O)[C@@]21O. The van der Waals surface area contributed by atoms with Gasteiger partial charge >= 0.3 is 17.9 Å². The molecule has 10 nitrogen and oxygen atoms in total. The molecule has 2 spiro atoms. The largest absolute Gasteiger partial charge is 0.459 e. The summed E-state index contributed by atoms with van der Waals surface area (Å²) in [7, 11) is 0. The molecular formula is C20H24O10. The molecule has 4 heterocycles. The van der Waals surface area contributed by atoms with Crippen molar-refractivity contribution in [3.8, 4) is 0 Å². The van der Waals surface area contributed by atoms with Crippen molar-refractivity contribution < 1.29 is 48.7 Å². The van der Waals surface area contributed by atoms with Crippen LogP contribution in [-0.4, -0.2) is 75.1 Å². The molecule has 30 heavy (non-hydrogen) atoms. The van der Waals surface area contributed by atoms with Gasteiger partial charge in [-0.25, -0.2) is 9.59 Å². The summed E-state index contributed by atoms with van der Waals surface area (Å²) in [6.45, 7) is 6.97. The second kappa shape index (κ2) is 4.69. The van der Waals surface area contributed by atoms with Crippen LogP contribution in [0.5, 0.6) is 0 Å². The monoisotopic (exact) mass is 424 g/mol. The summed E-state index contributed by atoms with van der Waals surface area (Å²) in [5.74, 6) is -4.43. The number of esters is 3. The number of carbonyl (C=O) groups is 3. The van der Waals surface area contributed by atoms with Gasteiger partial charge in [0.1, 0.15) is 12.2 Å². The fraction of sp³-hybridized carbons (Fsp3) is 0.850. The molecule has 2 saturated carbocycles. The van der Waals surface area contributed by atoms with E-state index in [1.807, 2.05) is 20.8 Å². The molecule has 164 valence electrons. The van der Waals surface area contributed by atoms with Crippen LogP contribution in [0.15, 0.2) is 0 Å². The van der Waals surface area contributed by atoms with Gasteiger partial charge in [-0.15, -0.1) is 0 Å². The van der Waals surface area contributed by atoms with Gasteiger partial charge in [-0.05, 0) is 12.3 Å². The van der Waals surface area contributed by atoms with Crippen LogP contribution in [-0.2, 0) is 33.3 Å². The fourth-order valence-electron chi connectivity index (χ4n) is 8.22. The van der Waals surface area contributed by atoms with Gasteiger partial charge in [0.15, 0.2) is 11.7 Å². The Labute approximate surface area is 171 Å². The quantitative estimate of drug-likeness (QED) is 0.314. The summed E-state index contributed by atoms with van der Waals surface area (Å²) >= 11 is 0. The third-order valence-corrected chi connectivity index (χ3v) is 8.91. The lowest BCUT2D eigenvalue weighted by Crippen LogP contribution is -2.66. The van der Waals surface area contributed by atoms with Crippen LogP contribution < -0.4 is 0 Å². The zero-order valence-corrected chi connectivity index (χ0v) is 16.9. The Kier molecular flexibility index (Phi) is 2.97. The molecule has 3 unspecified atom stereocenters. The standard InChI is InChI=1S/C20H24O10/c1-6-12(23)27-7-5-17-11-8(21)9(16(2,3)4)18(17)10(22)13(24)29-15(18)30-20(17,14(25)28-11)19(6,7)26/h6-11,15,21-22,26H,5H2,1-4H3/t6-,7+,8-,9+,10+,11-,15?,17?,18?,19-,20-/m0/s1. The highest BCUT2D eigenvalue weighted by atomic mass is 16.8. The van der Waals surface area contributed by atoms with E-state index in [1.165, 1.54) is 6.92 Å². The number of aliphatic hydroxyl groups excluding tert-OH is 2. The van der Waals surface area contributed by atoms with E-state index < -0.39 is 87.9 Å². The number of ether oxygens (including phenoxy) is 4. The Hall–Kier alpha value is -1.75. The Balaban J connectivity index is 1.71. The topological polar surface area (TPSA) is 149 Å². The molecule has 11 atom stereocenters. The maximum atomic E-state index is 13.4. The van der Waals surface area contributed by atoms with E-state index in [0.717, 1.165) is 0 Å². The highest BCUT2D eigenvalue weighted by molar-refractivity contribution is 5.93. The average Bonchev–Trinajstić information content (AvgIpc) is 3.32. The van der Waals surface area contributed by atoms with E-state index in [9.17, 15) is 29.7 Å². The Bertz CT molecular complexity index is 925. The summed E-state index contributed by atoms with van der Waals surface area (Å²) in [4.78, 5) is 38.2. The van der Waals surface area contributed by atoms with Gasteiger partial charge in [0.25, 0.3) is 0 Å². The highest BCUT2D eigenvalue weighted by Gasteiger charge is 3.02. The van der Waals surface area contributed by atoms with E-state index in [2.05, 4.69) is 0 Å². The molecule has 2 aliphatic carbocycles. The minimum absolute atomic E-state index is 0.107. The maximum Gasteiger partial charge on any atom is 0.342 e. The number of hydrogen-bond donors (Lipinski definition) is 3. The maximum absolute atomic E-state index is 13.4. The normalized spacial score (nSPS) is 60.1. The zero-order valence-electron chi connectivity index (χ0n) is 16.9. The fourth-order valence-corrected chi connectivity index (χ4v) is 8.22. The van der Waals surface area contributed by atoms with Crippen LogP contribution >= 0.6 is 0 Å². The summed E-state index contributed by atoms with van der Waals surface area (Å²) in [5.41, 5.74) is -7.95. The average molecular weight is 424 g/mol. The van der Waals surface area contributed by atoms with Crippen molar-refractivity contribution in [1.82, 2.24) is 0 Å². The molecule has 0 bridgehead atoms. The zero-order chi connectivity index (χ0) is 21.8. The molecule has 6 aliphatic rings. The van der Waals surface area contributed by atoms with E-state index in [0.29, 0.717) is 0 Å². The lowest BCUT2D eigenvalue weighted by atomic mass is 9.51. The van der Waals surface area contributed by atoms with Crippen LogP contribution in [0.1, 0.15) is 34.1 Å². The van der Waals surface area contributed by atoms with Crippen molar-refractivity contribution in [3.63, 3.8) is 0 Å². The smallest absolute Gasteiger partial charge is 0.342 e. The molecule has 0 aromatic heterocycles. The predicted molar refractivity (Wildman–Crippen MR) is 92.0 cm³/mol. The number of hydrogen-bond acceptors (Lipinski definition) is 10. The molecule has 3 N–H and O–H groups in total. The van der Waals surface area contributed by atoms with Crippen molar-refractivity contribution in [3.05, 3.63) is 0 Å². The third-order valence-electron chi connectivity index (χ3n) is 8.91. The first-order chi connectivity index (χ1) is 13.8. The number of rotatable bonds is 0.